The molecule has 17 heavy (non-hydrogen) atoms. The van der Waals surface area contributed by atoms with E-state index >= 15 is 0 Å². The average Bonchev–Trinajstić information content (AvgIpc) is 2.70. The Hall–Kier alpha value is -1.46. The first-order chi connectivity index (χ1) is 8.15. The fourth-order valence-corrected chi connectivity index (χ4v) is 2.57. The van der Waals surface area contributed by atoms with Crippen LogP contribution in [0.5, 0.6) is 5.75 Å². The van der Waals surface area contributed by atoms with E-state index in [2.05, 4.69) is 4.98 Å². The van der Waals surface area contributed by atoms with Crippen LogP contribution in [0.2, 0.25) is 0 Å². The Bertz CT molecular complexity index is 539. The van der Waals surface area contributed by atoms with Gasteiger partial charge in [-0.25, -0.2) is 9.37 Å². The minimum Gasteiger partial charge on any atom is -0.496 e. The van der Waals surface area contributed by atoms with Crippen LogP contribution in [-0.2, 0) is 6.61 Å². The van der Waals surface area contributed by atoms with Gasteiger partial charge in [-0.2, -0.15) is 0 Å². The summed E-state index contributed by atoms with van der Waals surface area (Å²) in [7, 11) is 1.54. The van der Waals surface area contributed by atoms with Gasteiger partial charge in [0.05, 0.1) is 24.3 Å². The van der Waals surface area contributed by atoms with E-state index in [0.29, 0.717) is 16.3 Å². The molecule has 0 amide bonds. The maximum absolute atomic E-state index is 13.3. The predicted octanol–water partition coefficient (Wildman–Crippen LogP) is 2.76. The van der Waals surface area contributed by atoms with Crippen LogP contribution >= 0.6 is 11.3 Å². The molecule has 0 atom stereocenters. The van der Waals surface area contributed by atoms with Crippen LogP contribution in [0.1, 0.15) is 10.7 Å². The van der Waals surface area contributed by atoms with Crippen molar-refractivity contribution in [2.45, 2.75) is 13.5 Å². The Labute approximate surface area is 103 Å². The third-order valence-corrected chi connectivity index (χ3v) is 3.56. The highest BCUT2D eigenvalue weighted by atomic mass is 32.1. The van der Waals surface area contributed by atoms with Gasteiger partial charge in [0.25, 0.3) is 0 Å². The lowest BCUT2D eigenvalue weighted by atomic mass is 10.1. The number of aliphatic hydroxyl groups excluding tert-OH is 1. The van der Waals surface area contributed by atoms with E-state index in [1.807, 2.05) is 6.92 Å². The second-order valence-electron chi connectivity index (χ2n) is 3.52. The summed E-state index contributed by atoms with van der Waals surface area (Å²) in [4.78, 5) is 5.03. The highest BCUT2D eigenvalue weighted by Crippen LogP contribution is 2.36. The quantitative estimate of drug-likeness (QED) is 0.914. The number of benzene rings is 1. The molecule has 90 valence electrons. The second-order valence-corrected chi connectivity index (χ2v) is 4.61. The maximum Gasteiger partial charge on any atom is 0.127 e. The van der Waals surface area contributed by atoms with E-state index in [9.17, 15) is 4.39 Å². The van der Waals surface area contributed by atoms with Gasteiger partial charge in [-0.3, -0.25) is 0 Å². The van der Waals surface area contributed by atoms with Gasteiger partial charge in [0, 0.05) is 5.56 Å². The molecule has 0 aliphatic heterocycles. The molecule has 0 aliphatic rings. The minimum atomic E-state index is -0.320. The zero-order chi connectivity index (χ0) is 12.4. The fraction of sp³-hybridized carbons (Fsp3) is 0.250. The highest BCUT2D eigenvalue weighted by Gasteiger charge is 2.14. The van der Waals surface area contributed by atoms with Crippen molar-refractivity contribution in [2.24, 2.45) is 0 Å². The van der Waals surface area contributed by atoms with Crippen molar-refractivity contribution in [1.29, 1.82) is 0 Å². The highest BCUT2D eigenvalue weighted by molar-refractivity contribution is 7.15. The van der Waals surface area contributed by atoms with Crippen LogP contribution in [0, 0.1) is 12.7 Å². The Morgan fingerprint density at radius 3 is 2.82 bits per heavy atom. The molecule has 0 unspecified atom stereocenters. The maximum atomic E-state index is 13.3. The molecule has 0 aliphatic carbocycles. The van der Waals surface area contributed by atoms with Gasteiger partial charge in [-0.05, 0) is 25.1 Å². The van der Waals surface area contributed by atoms with Crippen LogP contribution in [0.4, 0.5) is 4.39 Å². The molecule has 0 bridgehead atoms. The van der Waals surface area contributed by atoms with E-state index in [0.717, 1.165) is 10.6 Å². The predicted molar refractivity (Wildman–Crippen MR) is 64.7 cm³/mol. The molecule has 2 rings (SSSR count). The Balaban J connectivity index is 2.58. The van der Waals surface area contributed by atoms with Crippen LogP contribution in [0.3, 0.4) is 0 Å². The zero-order valence-electron chi connectivity index (χ0n) is 9.53. The van der Waals surface area contributed by atoms with Crippen molar-refractivity contribution in [3.8, 4) is 16.2 Å². The summed E-state index contributed by atoms with van der Waals surface area (Å²) >= 11 is 1.34. The first kappa shape index (κ1) is 12.0. The molecule has 5 heteroatoms. The van der Waals surface area contributed by atoms with Gasteiger partial charge in [0.2, 0.25) is 0 Å². The van der Waals surface area contributed by atoms with E-state index in [1.54, 1.807) is 13.2 Å². The number of hydrogen-bond acceptors (Lipinski definition) is 4. The number of ether oxygens (including phenoxy) is 1. The number of rotatable bonds is 3. The second kappa shape index (κ2) is 4.81. The van der Waals surface area contributed by atoms with E-state index in [4.69, 9.17) is 9.84 Å². The van der Waals surface area contributed by atoms with Gasteiger partial charge in [0.1, 0.15) is 16.6 Å². The average molecular weight is 253 g/mol. The zero-order valence-corrected chi connectivity index (χ0v) is 10.3. The summed E-state index contributed by atoms with van der Waals surface area (Å²) in [6.45, 7) is 1.72. The number of methoxy groups -OCH3 is 1. The van der Waals surface area contributed by atoms with Crippen molar-refractivity contribution >= 4 is 11.3 Å². The number of hydrogen-bond donors (Lipinski definition) is 1. The van der Waals surface area contributed by atoms with Gasteiger partial charge in [-0.1, -0.05) is 0 Å². The number of nitrogens with zero attached hydrogens (tertiary/aromatic N) is 1. The molecule has 2 aromatic rings. The number of aryl methyl sites for hydroxylation is 1. The molecule has 1 heterocycles. The molecule has 0 saturated carbocycles. The molecular formula is C12H12FNO2S. The van der Waals surface area contributed by atoms with Crippen LogP contribution < -0.4 is 4.74 Å². The normalized spacial score (nSPS) is 10.6. The Morgan fingerprint density at radius 1 is 1.47 bits per heavy atom. The summed E-state index contributed by atoms with van der Waals surface area (Å²) in [6, 6.07) is 4.36. The molecule has 0 fully saturated rings. The first-order valence-electron chi connectivity index (χ1n) is 5.06. The van der Waals surface area contributed by atoms with Gasteiger partial charge < -0.3 is 9.84 Å². The van der Waals surface area contributed by atoms with Crippen molar-refractivity contribution in [3.05, 3.63) is 34.7 Å². The van der Waals surface area contributed by atoms with Gasteiger partial charge in [0.15, 0.2) is 0 Å². The standard InChI is InChI=1S/C12H12FNO2S/c1-7-12(17-11(6-15)14-7)9-5-8(13)3-4-10(9)16-2/h3-5,15H,6H2,1-2H3. The summed E-state index contributed by atoms with van der Waals surface area (Å²) in [5, 5.41) is 9.66. The monoisotopic (exact) mass is 253 g/mol. The lowest BCUT2D eigenvalue weighted by Gasteiger charge is -2.07. The summed E-state index contributed by atoms with van der Waals surface area (Å²) in [5.41, 5.74) is 1.44. The molecule has 3 nitrogen and oxygen atoms in total. The molecule has 1 aromatic carbocycles. The molecule has 0 radical (unpaired) electrons. The molecule has 1 N–H and O–H groups in total. The lowest BCUT2D eigenvalue weighted by Crippen LogP contribution is -1.89. The SMILES string of the molecule is COc1ccc(F)cc1-c1sc(CO)nc1C. The third-order valence-electron chi connectivity index (χ3n) is 2.38. The number of aromatic nitrogens is 1. The largest absolute Gasteiger partial charge is 0.496 e. The lowest BCUT2D eigenvalue weighted by molar-refractivity contribution is 0.281. The summed E-state index contributed by atoms with van der Waals surface area (Å²) in [5.74, 6) is 0.279. The molecule has 1 aromatic heterocycles. The van der Waals surface area contributed by atoms with E-state index < -0.39 is 0 Å². The number of aliphatic hydroxyl groups is 1. The van der Waals surface area contributed by atoms with Gasteiger partial charge >= 0.3 is 0 Å². The molecule has 0 saturated heterocycles. The summed E-state index contributed by atoms with van der Waals surface area (Å²) in [6.07, 6.45) is 0. The van der Waals surface area contributed by atoms with Crippen molar-refractivity contribution in [2.75, 3.05) is 7.11 Å². The topological polar surface area (TPSA) is 42.4 Å². The van der Waals surface area contributed by atoms with Crippen LogP contribution in [-0.4, -0.2) is 17.2 Å². The Kier molecular flexibility index (Phi) is 3.40. The van der Waals surface area contributed by atoms with Crippen LogP contribution in [0.25, 0.3) is 10.4 Å². The Morgan fingerprint density at radius 2 is 2.24 bits per heavy atom. The summed E-state index contributed by atoms with van der Waals surface area (Å²) < 4.78 is 18.5. The van der Waals surface area contributed by atoms with Crippen molar-refractivity contribution < 1.29 is 14.2 Å². The van der Waals surface area contributed by atoms with E-state index in [-0.39, 0.29) is 12.4 Å². The van der Waals surface area contributed by atoms with E-state index in [1.165, 1.54) is 23.5 Å². The fourth-order valence-electron chi connectivity index (χ4n) is 1.63. The smallest absolute Gasteiger partial charge is 0.127 e. The van der Waals surface area contributed by atoms with Crippen LogP contribution in [0.15, 0.2) is 18.2 Å². The minimum absolute atomic E-state index is 0.108. The molecule has 0 spiro atoms. The molecular weight excluding hydrogens is 241 g/mol. The van der Waals surface area contributed by atoms with Gasteiger partial charge in [-0.15, -0.1) is 11.3 Å². The third kappa shape index (κ3) is 2.30. The van der Waals surface area contributed by atoms with Crippen molar-refractivity contribution in [1.82, 2.24) is 4.98 Å². The first-order valence-corrected chi connectivity index (χ1v) is 5.88. The number of halogens is 1. The van der Waals surface area contributed by atoms with Crippen molar-refractivity contribution in [3.63, 3.8) is 0 Å². The number of thiazole rings is 1.